The summed E-state index contributed by atoms with van der Waals surface area (Å²) in [7, 11) is 0. The van der Waals surface area contributed by atoms with Crippen LogP contribution in [0.5, 0.6) is 0 Å². The van der Waals surface area contributed by atoms with Gasteiger partial charge >= 0.3 is 0 Å². The lowest BCUT2D eigenvalue weighted by Crippen LogP contribution is -2.51. The Kier molecular flexibility index (Phi) is 1.97. The molecule has 2 fully saturated rings. The van der Waals surface area contributed by atoms with E-state index in [2.05, 4.69) is 0 Å². The first-order valence-electron chi connectivity index (χ1n) is 5.36. The molecule has 0 aromatic heterocycles. The highest BCUT2D eigenvalue weighted by Crippen LogP contribution is 2.49. The van der Waals surface area contributed by atoms with Crippen molar-refractivity contribution in [2.75, 3.05) is 0 Å². The molecule has 0 aliphatic heterocycles. The van der Waals surface area contributed by atoms with Crippen molar-refractivity contribution in [3.05, 3.63) is 0 Å². The van der Waals surface area contributed by atoms with Crippen molar-refractivity contribution in [2.45, 2.75) is 57.2 Å². The fourth-order valence-corrected chi connectivity index (χ4v) is 3.05. The van der Waals surface area contributed by atoms with E-state index in [1.165, 1.54) is 0 Å². The number of hydrogen-bond acceptors (Lipinski definition) is 2. The van der Waals surface area contributed by atoms with Crippen molar-refractivity contribution >= 4 is 0 Å². The molecule has 0 saturated heterocycles. The van der Waals surface area contributed by atoms with Crippen LogP contribution in [0.25, 0.3) is 0 Å². The van der Waals surface area contributed by atoms with Crippen molar-refractivity contribution in [3.8, 4) is 0 Å². The van der Waals surface area contributed by atoms with Gasteiger partial charge < -0.3 is 10.2 Å². The first kappa shape index (κ1) is 9.47. The largest absolute Gasteiger partial charge is 0.390 e. The molecule has 2 bridgehead atoms. The molecule has 4 atom stereocenters. The van der Waals surface area contributed by atoms with E-state index in [9.17, 15) is 10.2 Å². The summed E-state index contributed by atoms with van der Waals surface area (Å²) in [6.07, 6.45) is 4.70. The summed E-state index contributed by atoms with van der Waals surface area (Å²) < 4.78 is 0. The molecule has 0 aromatic carbocycles. The van der Waals surface area contributed by atoms with Crippen LogP contribution in [0.3, 0.4) is 0 Å². The zero-order chi connectivity index (χ0) is 9.69. The van der Waals surface area contributed by atoms with Crippen molar-refractivity contribution < 1.29 is 10.2 Å². The molecule has 2 rings (SSSR count). The van der Waals surface area contributed by atoms with E-state index in [-0.39, 0.29) is 0 Å². The normalized spacial score (nSPS) is 56.3. The van der Waals surface area contributed by atoms with Gasteiger partial charge in [-0.25, -0.2) is 0 Å². The van der Waals surface area contributed by atoms with E-state index in [0.29, 0.717) is 11.8 Å². The van der Waals surface area contributed by atoms with E-state index in [1.807, 2.05) is 13.8 Å². The molecule has 0 radical (unpaired) electrons. The van der Waals surface area contributed by atoms with Crippen LogP contribution in [-0.2, 0) is 0 Å². The summed E-state index contributed by atoms with van der Waals surface area (Å²) in [6, 6.07) is 0. The zero-order valence-corrected chi connectivity index (χ0v) is 8.58. The Morgan fingerprint density at radius 3 is 1.69 bits per heavy atom. The molecule has 0 spiro atoms. The third-order valence-corrected chi connectivity index (χ3v) is 4.33. The Labute approximate surface area is 80.0 Å². The van der Waals surface area contributed by atoms with E-state index in [4.69, 9.17) is 0 Å². The first-order chi connectivity index (χ1) is 5.92. The second-order valence-electron chi connectivity index (χ2n) is 5.42. The topological polar surface area (TPSA) is 40.5 Å². The average Bonchev–Trinajstić information content (AvgIpc) is 2.01. The summed E-state index contributed by atoms with van der Waals surface area (Å²) in [5.74, 6) is 0.845. The van der Waals surface area contributed by atoms with Gasteiger partial charge in [0.1, 0.15) is 0 Å². The second-order valence-corrected chi connectivity index (χ2v) is 5.42. The molecule has 2 saturated carbocycles. The first-order valence-corrected chi connectivity index (χ1v) is 5.36. The van der Waals surface area contributed by atoms with Crippen LogP contribution in [0.2, 0.25) is 0 Å². The molecule has 0 aromatic rings. The molecule has 2 nitrogen and oxygen atoms in total. The van der Waals surface area contributed by atoms with Gasteiger partial charge in [-0.15, -0.1) is 0 Å². The van der Waals surface area contributed by atoms with E-state index < -0.39 is 11.2 Å². The molecular weight excluding hydrogens is 164 g/mol. The van der Waals surface area contributed by atoms with Gasteiger partial charge in [0, 0.05) is 0 Å². The number of rotatable bonds is 0. The van der Waals surface area contributed by atoms with Gasteiger partial charge in [-0.2, -0.15) is 0 Å². The van der Waals surface area contributed by atoms with E-state index in [1.54, 1.807) is 0 Å². The van der Waals surface area contributed by atoms with Crippen LogP contribution in [0.1, 0.15) is 46.0 Å². The minimum Gasteiger partial charge on any atom is -0.390 e. The SMILES string of the molecule is C[C@]1(O)CCC2CC1CC[C@]2(C)O. The third kappa shape index (κ3) is 1.50. The third-order valence-electron chi connectivity index (χ3n) is 4.33. The fraction of sp³-hybridized carbons (Fsp3) is 1.00. The maximum absolute atomic E-state index is 10.1. The van der Waals surface area contributed by atoms with Crippen LogP contribution in [-0.4, -0.2) is 21.4 Å². The highest BCUT2D eigenvalue weighted by Gasteiger charge is 2.47. The molecule has 2 heteroatoms. The molecule has 13 heavy (non-hydrogen) atoms. The van der Waals surface area contributed by atoms with Gasteiger partial charge in [-0.1, -0.05) is 0 Å². The van der Waals surface area contributed by atoms with Gasteiger partial charge in [0.2, 0.25) is 0 Å². The maximum atomic E-state index is 10.1. The molecular formula is C11H20O2. The van der Waals surface area contributed by atoms with Crippen molar-refractivity contribution in [1.82, 2.24) is 0 Å². The minimum absolute atomic E-state index is 0.423. The Morgan fingerprint density at radius 2 is 1.31 bits per heavy atom. The Bertz CT molecular complexity index is 186. The fourth-order valence-electron chi connectivity index (χ4n) is 3.05. The smallest absolute Gasteiger partial charge is 0.0648 e. The van der Waals surface area contributed by atoms with E-state index >= 15 is 0 Å². The zero-order valence-electron chi connectivity index (χ0n) is 8.58. The Morgan fingerprint density at radius 1 is 0.923 bits per heavy atom. The van der Waals surface area contributed by atoms with Crippen LogP contribution in [0, 0.1) is 11.8 Å². The van der Waals surface area contributed by atoms with Crippen LogP contribution < -0.4 is 0 Å². The molecule has 2 aliphatic carbocycles. The Hall–Kier alpha value is -0.0800. The van der Waals surface area contributed by atoms with Crippen molar-refractivity contribution in [1.29, 1.82) is 0 Å². The predicted octanol–water partition coefficient (Wildman–Crippen LogP) is 1.70. The average molecular weight is 184 g/mol. The summed E-state index contributed by atoms with van der Waals surface area (Å²) in [5, 5.41) is 20.1. The lowest BCUT2D eigenvalue weighted by atomic mass is 9.60. The van der Waals surface area contributed by atoms with Gasteiger partial charge in [0.25, 0.3) is 0 Å². The molecule has 2 N–H and O–H groups in total. The van der Waals surface area contributed by atoms with Crippen molar-refractivity contribution in [3.63, 3.8) is 0 Å². The maximum Gasteiger partial charge on any atom is 0.0648 e. The highest BCUT2D eigenvalue weighted by atomic mass is 16.3. The lowest BCUT2D eigenvalue weighted by molar-refractivity contribution is -0.132. The second kappa shape index (κ2) is 2.71. The summed E-state index contributed by atoms with van der Waals surface area (Å²) in [5.41, 5.74) is -0.931. The number of hydrogen-bond donors (Lipinski definition) is 2. The summed E-state index contributed by atoms with van der Waals surface area (Å²) >= 11 is 0. The highest BCUT2D eigenvalue weighted by molar-refractivity contribution is 4.99. The molecule has 76 valence electrons. The van der Waals surface area contributed by atoms with Crippen LogP contribution in [0.15, 0.2) is 0 Å². The lowest BCUT2D eigenvalue weighted by Gasteiger charge is -2.50. The molecule has 0 heterocycles. The van der Waals surface area contributed by atoms with Crippen LogP contribution >= 0.6 is 0 Å². The van der Waals surface area contributed by atoms with Gasteiger partial charge in [-0.05, 0) is 57.8 Å². The minimum atomic E-state index is -0.465. The van der Waals surface area contributed by atoms with Gasteiger partial charge in [0.05, 0.1) is 11.2 Å². The molecule has 2 aliphatic rings. The molecule has 2 unspecified atom stereocenters. The molecule has 0 amide bonds. The number of fused-ring (bicyclic) bond motifs is 2. The predicted molar refractivity (Wildman–Crippen MR) is 51.3 cm³/mol. The number of aliphatic hydroxyl groups is 2. The van der Waals surface area contributed by atoms with Crippen molar-refractivity contribution in [2.24, 2.45) is 11.8 Å². The van der Waals surface area contributed by atoms with E-state index in [0.717, 1.165) is 32.1 Å². The monoisotopic (exact) mass is 184 g/mol. The summed E-state index contributed by atoms with van der Waals surface area (Å²) in [6.45, 7) is 3.90. The van der Waals surface area contributed by atoms with Gasteiger partial charge in [0.15, 0.2) is 0 Å². The Balaban J connectivity index is 2.14. The van der Waals surface area contributed by atoms with Gasteiger partial charge in [-0.3, -0.25) is 0 Å². The summed E-state index contributed by atoms with van der Waals surface area (Å²) in [4.78, 5) is 0. The standard InChI is InChI=1S/C11H20O2/c1-10(12)5-3-9-7-8(10)4-6-11(9,2)13/h8-9,12-13H,3-7H2,1-2H3/t8?,9?,10-,11-/m0/s1. The quantitative estimate of drug-likeness (QED) is 0.601. The van der Waals surface area contributed by atoms with Crippen LogP contribution in [0.4, 0.5) is 0 Å².